The lowest BCUT2D eigenvalue weighted by Gasteiger charge is -2.11. The van der Waals surface area contributed by atoms with E-state index in [4.69, 9.17) is 9.84 Å². The van der Waals surface area contributed by atoms with Gasteiger partial charge in [0.25, 0.3) is 0 Å². The molecule has 1 atom stereocenters. The molecule has 15 heavy (non-hydrogen) atoms. The number of benzene rings is 1. The Morgan fingerprint density at radius 3 is 2.80 bits per heavy atom. The fraction of sp³-hybridized carbons (Fsp3) is 0.182. The van der Waals surface area contributed by atoms with Crippen molar-refractivity contribution >= 4 is 5.97 Å². The third-order valence-corrected chi connectivity index (χ3v) is 1.80. The minimum Gasteiger partial charge on any atom is -0.489 e. The van der Waals surface area contributed by atoms with Gasteiger partial charge in [0.2, 0.25) is 0 Å². The first-order chi connectivity index (χ1) is 7.16. The molecule has 0 heterocycles. The van der Waals surface area contributed by atoms with Gasteiger partial charge in [0.15, 0.2) is 6.10 Å². The molecule has 1 aromatic carbocycles. The maximum atomic E-state index is 10.6. The molecule has 0 aromatic heterocycles. The van der Waals surface area contributed by atoms with Crippen LogP contribution in [0.1, 0.15) is 11.7 Å². The number of ether oxygens (including phenoxy) is 1. The van der Waals surface area contributed by atoms with Gasteiger partial charge in [0.05, 0.1) is 0 Å². The summed E-state index contributed by atoms with van der Waals surface area (Å²) in [5.41, 5.74) is 0.242. The van der Waals surface area contributed by atoms with Crippen LogP contribution in [0.4, 0.5) is 0 Å². The third-order valence-electron chi connectivity index (χ3n) is 1.80. The Labute approximate surface area is 87.4 Å². The summed E-state index contributed by atoms with van der Waals surface area (Å²) < 4.78 is 5.22. The molecule has 1 rings (SSSR count). The molecule has 4 nitrogen and oxygen atoms in total. The Bertz CT molecular complexity index is 359. The number of aliphatic carboxylic acids is 1. The number of rotatable bonds is 5. The van der Waals surface area contributed by atoms with Gasteiger partial charge in [-0.05, 0) is 6.07 Å². The number of carboxylic acid groups (broad SMARTS) is 1. The molecule has 0 fully saturated rings. The van der Waals surface area contributed by atoms with Crippen LogP contribution in [-0.4, -0.2) is 22.8 Å². The average molecular weight is 208 g/mol. The van der Waals surface area contributed by atoms with Crippen molar-refractivity contribution < 1.29 is 19.7 Å². The van der Waals surface area contributed by atoms with Gasteiger partial charge >= 0.3 is 5.97 Å². The highest BCUT2D eigenvalue weighted by atomic mass is 16.5. The molecule has 0 saturated heterocycles. The molecule has 0 saturated carbocycles. The Balaban J connectivity index is 2.94. The molecule has 80 valence electrons. The smallest absolute Gasteiger partial charge is 0.337 e. The molecule has 2 N–H and O–H groups in total. The highest BCUT2D eigenvalue weighted by Gasteiger charge is 2.19. The van der Waals surface area contributed by atoms with Crippen LogP contribution in [0, 0.1) is 0 Å². The van der Waals surface area contributed by atoms with Crippen LogP contribution in [0.25, 0.3) is 0 Å². The van der Waals surface area contributed by atoms with Gasteiger partial charge in [-0.1, -0.05) is 30.9 Å². The minimum atomic E-state index is -1.56. The van der Waals surface area contributed by atoms with E-state index < -0.39 is 12.1 Å². The predicted molar refractivity (Wildman–Crippen MR) is 54.7 cm³/mol. The lowest BCUT2D eigenvalue weighted by Crippen LogP contribution is -2.12. The monoisotopic (exact) mass is 208 g/mol. The molecule has 0 aliphatic heterocycles. The zero-order chi connectivity index (χ0) is 11.3. The second-order valence-corrected chi connectivity index (χ2v) is 2.88. The normalized spacial score (nSPS) is 11.8. The van der Waals surface area contributed by atoms with E-state index in [2.05, 4.69) is 6.58 Å². The van der Waals surface area contributed by atoms with Gasteiger partial charge in [-0.15, -0.1) is 0 Å². The highest BCUT2D eigenvalue weighted by Crippen LogP contribution is 2.24. The van der Waals surface area contributed by atoms with E-state index in [9.17, 15) is 9.90 Å². The first-order valence-corrected chi connectivity index (χ1v) is 4.40. The fourth-order valence-corrected chi connectivity index (χ4v) is 1.12. The second kappa shape index (κ2) is 5.17. The second-order valence-electron chi connectivity index (χ2n) is 2.88. The number of para-hydroxylation sites is 1. The van der Waals surface area contributed by atoms with Crippen LogP contribution >= 0.6 is 0 Å². The fourth-order valence-electron chi connectivity index (χ4n) is 1.12. The topological polar surface area (TPSA) is 66.8 Å². The molecule has 0 radical (unpaired) electrons. The van der Waals surface area contributed by atoms with Crippen LogP contribution in [0.5, 0.6) is 5.75 Å². The maximum Gasteiger partial charge on any atom is 0.337 e. The number of carbonyl (C=O) groups is 1. The van der Waals surface area contributed by atoms with E-state index >= 15 is 0 Å². The van der Waals surface area contributed by atoms with E-state index in [1.807, 2.05) is 0 Å². The van der Waals surface area contributed by atoms with Gasteiger partial charge in [-0.3, -0.25) is 0 Å². The molecule has 4 heteroatoms. The van der Waals surface area contributed by atoms with Gasteiger partial charge in [-0.2, -0.15) is 0 Å². The molecule has 0 aliphatic carbocycles. The Hall–Kier alpha value is -1.81. The van der Waals surface area contributed by atoms with Crippen LogP contribution in [0.2, 0.25) is 0 Å². The summed E-state index contributed by atoms with van der Waals surface area (Å²) in [6, 6.07) is 6.46. The molecule has 0 aliphatic rings. The third kappa shape index (κ3) is 2.82. The summed E-state index contributed by atoms with van der Waals surface area (Å²) in [5, 5.41) is 18.0. The zero-order valence-corrected chi connectivity index (χ0v) is 8.09. The van der Waals surface area contributed by atoms with E-state index in [0.29, 0.717) is 5.75 Å². The Kier molecular flexibility index (Phi) is 3.88. The van der Waals surface area contributed by atoms with Gasteiger partial charge < -0.3 is 14.9 Å². The summed E-state index contributed by atoms with van der Waals surface area (Å²) in [6.45, 7) is 3.75. The largest absolute Gasteiger partial charge is 0.489 e. The summed E-state index contributed by atoms with van der Waals surface area (Å²) in [5.74, 6) is -0.947. The van der Waals surface area contributed by atoms with Gasteiger partial charge in [0, 0.05) is 5.56 Å². The Morgan fingerprint density at radius 1 is 1.53 bits per heavy atom. The summed E-state index contributed by atoms with van der Waals surface area (Å²) in [4.78, 5) is 10.6. The molecule has 0 bridgehead atoms. The van der Waals surface area contributed by atoms with Gasteiger partial charge in [0.1, 0.15) is 12.4 Å². The van der Waals surface area contributed by atoms with Crippen LogP contribution in [0.3, 0.4) is 0 Å². The molecular formula is C11H12O4. The average Bonchev–Trinajstić information content (AvgIpc) is 2.25. The van der Waals surface area contributed by atoms with Crippen molar-refractivity contribution in [2.45, 2.75) is 6.10 Å². The molecular weight excluding hydrogens is 196 g/mol. The van der Waals surface area contributed by atoms with Crippen molar-refractivity contribution in [3.8, 4) is 5.75 Å². The number of aliphatic hydroxyl groups is 1. The number of hydrogen-bond acceptors (Lipinski definition) is 3. The summed E-state index contributed by atoms with van der Waals surface area (Å²) in [7, 11) is 0. The predicted octanol–water partition coefficient (Wildman–Crippen LogP) is 1.37. The van der Waals surface area contributed by atoms with Crippen molar-refractivity contribution in [3.05, 3.63) is 42.5 Å². The number of carboxylic acids is 1. The van der Waals surface area contributed by atoms with Crippen molar-refractivity contribution in [2.24, 2.45) is 0 Å². The van der Waals surface area contributed by atoms with Crippen molar-refractivity contribution in [1.29, 1.82) is 0 Å². The van der Waals surface area contributed by atoms with E-state index in [1.165, 1.54) is 6.07 Å². The molecule has 0 spiro atoms. The van der Waals surface area contributed by atoms with Crippen molar-refractivity contribution in [1.82, 2.24) is 0 Å². The molecule has 0 amide bonds. The lowest BCUT2D eigenvalue weighted by molar-refractivity contribution is -0.147. The lowest BCUT2D eigenvalue weighted by atomic mass is 10.1. The maximum absolute atomic E-state index is 10.6. The summed E-state index contributed by atoms with van der Waals surface area (Å²) in [6.07, 6.45) is -0.0183. The van der Waals surface area contributed by atoms with E-state index in [1.54, 1.807) is 24.3 Å². The van der Waals surface area contributed by atoms with Crippen LogP contribution < -0.4 is 4.74 Å². The first-order valence-electron chi connectivity index (χ1n) is 4.40. The van der Waals surface area contributed by atoms with Crippen LogP contribution in [-0.2, 0) is 4.79 Å². The zero-order valence-electron chi connectivity index (χ0n) is 8.09. The van der Waals surface area contributed by atoms with Crippen molar-refractivity contribution in [2.75, 3.05) is 6.61 Å². The van der Waals surface area contributed by atoms with E-state index in [-0.39, 0.29) is 12.2 Å². The SMILES string of the molecule is C=CCOc1ccccc1C(O)C(=O)O. The van der Waals surface area contributed by atoms with Crippen molar-refractivity contribution in [3.63, 3.8) is 0 Å². The molecule has 1 aromatic rings. The van der Waals surface area contributed by atoms with Gasteiger partial charge in [-0.25, -0.2) is 4.79 Å². The molecule has 1 unspecified atom stereocenters. The Morgan fingerprint density at radius 2 is 2.20 bits per heavy atom. The minimum absolute atomic E-state index is 0.242. The number of aliphatic hydroxyl groups excluding tert-OH is 1. The van der Waals surface area contributed by atoms with Crippen LogP contribution in [0.15, 0.2) is 36.9 Å². The first kappa shape index (κ1) is 11.3. The standard InChI is InChI=1S/C11H12O4/c1-2-7-15-9-6-4-3-5-8(9)10(12)11(13)14/h2-6,10,12H,1,7H2,(H,13,14). The quantitative estimate of drug-likeness (QED) is 0.717. The summed E-state index contributed by atoms with van der Waals surface area (Å²) >= 11 is 0. The highest BCUT2D eigenvalue weighted by molar-refractivity contribution is 5.75. The number of hydrogen-bond donors (Lipinski definition) is 2. The van der Waals surface area contributed by atoms with E-state index in [0.717, 1.165) is 0 Å².